The van der Waals surface area contributed by atoms with Crippen LogP contribution in [-0.4, -0.2) is 20.3 Å². The lowest BCUT2D eigenvalue weighted by Crippen LogP contribution is -2.24. The molecule has 0 aromatic heterocycles. The third kappa shape index (κ3) is 1.24. The van der Waals surface area contributed by atoms with Crippen LogP contribution < -0.4 is 15.2 Å². The molecule has 3 heteroatoms. The van der Waals surface area contributed by atoms with Gasteiger partial charge in [-0.2, -0.15) is 0 Å². The van der Waals surface area contributed by atoms with Gasteiger partial charge in [0, 0.05) is 11.0 Å². The highest BCUT2D eigenvalue weighted by molar-refractivity contribution is 5.50. The Hall–Kier alpha value is -1.22. The van der Waals surface area contributed by atoms with Gasteiger partial charge in [-0.15, -0.1) is 0 Å². The summed E-state index contributed by atoms with van der Waals surface area (Å²) in [6.45, 7) is 1.59. The Balaban J connectivity index is 2.04. The van der Waals surface area contributed by atoms with Gasteiger partial charge >= 0.3 is 0 Å². The lowest BCUT2D eigenvalue weighted by molar-refractivity contribution is 0.253. The molecule has 86 valence electrons. The number of fused-ring (bicyclic) bond motifs is 2. The van der Waals surface area contributed by atoms with Crippen molar-refractivity contribution in [3.8, 4) is 11.5 Å². The summed E-state index contributed by atoms with van der Waals surface area (Å²) < 4.78 is 11.0. The zero-order valence-corrected chi connectivity index (χ0v) is 9.53. The molecule has 1 saturated carbocycles. The van der Waals surface area contributed by atoms with Crippen LogP contribution in [0.1, 0.15) is 18.4 Å². The predicted octanol–water partition coefficient (Wildman–Crippen LogP) is 1.69. The summed E-state index contributed by atoms with van der Waals surface area (Å²) in [6, 6.07) is 6.09. The van der Waals surface area contributed by atoms with E-state index in [9.17, 15) is 0 Å². The summed E-state index contributed by atoms with van der Waals surface area (Å²) in [4.78, 5) is 0. The van der Waals surface area contributed by atoms with Gasteiger partial charge in [0.2, 0.25) is 0 Å². The number of nitrogens with two attached hydrogens (primary N) is 1. The van der Waals surface area contributed by atoms with Crippen molar-refractivity contribution in [2.24, 2.45) is 11.7 Å². The Bertz CT molecular complexity index is 418. The van der Waals surface area contributed by atoms with Crippen LogP contribution in [0.4, 0.5) is 0 Å². The second-order valence-corrected chi connectivity index (χ2v) is 4.75. The van der Waals surface area contributed by atoms with Gasteiger partial charge in [0.05, 0.1) is 13.7 Å². The summed E-state index contributed by atoms with van der Waals surface area (Å²) in [5.41, 5.74) is 7.38. The van der Waals surface area contributed by atoms with Crippen LogP contribution in [0.5, 0.6) is 11.5 Å². The summed E-state index contributed by atoms with van der Waals surface area (Å²) in [6.07, 6.45) is 2.29. The van der Waals surface area contributed by atoms with Crippen molar-refractivity contribution < 1.29 is 9.47 Å². The fourth-order valence-corrected chi connectivity index (χ4v) is 2.95. The number of hydrogen-bond acceptors (Lipinski definition) is 3. The van der Waals surface area contributed by atoms with Crippen molar-refractivity contribution in [2.75, 3.05) is 20.3 Å². The van der Waals surface area contributed by atoms with Crippen LogP contribution in [0.25, 0.3) is 0 Å². The average Bonchev–Trinajstić information content (AvgIpc) is 3.04. The molecule has 1 aliphatic carbocycles. The highest BCUT2D eigenvalue weighted by Crippen LogP contribution is 2.60. The molecule has 1 aromatic carbocycles. The minimum Gasteiger partial charge on any atom is -0.497 e. The van der Waals surface area contributed by atoms with Gasteiger partial charge in [0.1, 0.15) is 11.5 Å². The Labute approximate surface area is 95.5 Å². The maximum absolute atomic E-state index is 5.79. The van der Waals surface area contributed by atoms with Gasteiger partial charge in [-0.05, 0) is 43.5 Å². The van der Waals surface area contributed by atoms with Crippen LogP contribution in [0, 0.1) is 5.92 Å². The molecule has 2 atom stereocenters. The maximum atomic E-state index is 5.79. The second-order valence-electron chi connectivity index (χ2n) is 4.75. The smallest absolute Gasteiger partial charge is 0.123 e. The van der Waals surface area contributed by atoms with Gasteiger partial charge in [-0.3, -0.25) is 0 Å². The van der Waals surface area contributed by atoms with Crippen LogP contribution in [0.3, 0.4) is 0 Å². The van der Waals surface area contributed by atoms with Crippen LogP contribution in [-0.2, 0) is 5.41 Å². The van der Waals surface area contributed by atoms with Crippen molar-refractivity contribution in [1.29, 1.82) is 0 Å². The summed E-state index contributed by atoms with van der Waals surface area (Å²) >= 11 is 0. The average molecular weight is 219 g/mol. The zero-order valence-electron chi connectivity index (χ0n) is 9.53. The Kier molecular flexibility index (Phi) is 2.11. The monoisotopic (exact) mass is 219 g/mol. The van der Waals surface area contributed by atoms with Crippen LogP contribution >= 0.6 is 0 Å². The second kappa shape index (κ2) is 3.39. The van der Waals surface area contributed by atoms with Crippen molar-refractivity contribution in [1.82, 2.24) is 0 Å². The Morgan fingerprint density at radius 1 is 1.56 bits per heavy atom. The first kappa shape index (κ1) is 9.97. The van der Waals surface area contributed by atoms with E-state index >= 15 is 0 Å². The minimum atomic E-state index is 0.289. The van der Waals surface area contributed by atoms with E-state index < -0.39 is 0 Å². The molecule has 1 aliphatic heterocycles. The summed E-state index contributed by atoms with van der Waals surface area (Å²) in [7, 11) is 1.70. The molecule has 3 rings (SSSR count). The highest BCUT2D eigenvalue weighted by atomic mass is 16.5. The number of methoxy groups -OCH3 is 1. The molecule has 0 saturated heterocycles. The van der Waals surface area contributed by atoms with Crippen molar-refractivity contribution in [3.05, 3.63) is 23.8 Å². The predicted molar refractivity (Wildman–Crippen MR) is 61.9 cm³/mol. The largest absolute Gasteiger partial charge is 0.497 e. The first-order valence-electron chi connectivity index (χ1n) is 5.81. The number of hydrogen-bond donors (Lipinski definition) is 1. The van der Waals surface area contributed by atoms with E-state index in [1.54, 1.807) is 7.11 Å². The SMILES string of the molecule is COc1ccc2c(c1)[C@@]1(CCO2)C[C@H]1CN. The summed E-state index contributed by atoms with van der Waals surface area (Å²) in [5, 5.41) is 0. The fourth-order valence-electron chi connectivity index (χ4n) is 2.95. The molecule has 3 nitrogen and oxygen atoms in total. The van der Waals surface area contributed by atoms with Crippen LogP contribution in [0.15, 0.2) is 18.2 Å². The molecular weight excluding hydrogens is 202 g/mol. The van der Waals surface area contributed by atoms with Crippen molar-refractivity contribution in [2.45, 2.75) is 18.3 Å². The topological polar surface area (TPSA) is 44.5 Å². The molecule has 0 radical (unpaired) electrons. The van der Waals surface area contributed by atoms with E-state index in [4.69, 9.17) is 15.2 Å². The van der Waals surface area contributed by atoms with Gasteiger partial charge in [-0.25, -0.2) is 0 Å². The molecule has 2 aliphatic rings. The maximum Gasteiger partial charge on any atom is 0.123 e. The standard InChI is InChI=1S/C13H17NO2/c1-15-10-2-3-12-11(6-10)13(4-5-16-12)7-9(13)8-14/h2-3,6,9H,4-5,7-8,14H2,1H3/t9-,13-/m0/s1. The Morgan fingerprint density at radius 2 is 2.44 bits per heavy atom. The molecule has 16 heavy (non-hydrogen) atoms. The third-order valence-corrected chi connectivity index (χ3v) is 4.05. The summed E-state index contributed by atoms with van der Waals surface area (Å²) in [5.74, 6) is 2.55. The number of rotatable bonds is 2. The highest BCUT2D eigenvalue weighted by Gasteiger charge is 2.56. The van der Waals surface area contributed by atoms with Gasteiger partial charge < -0.3 is 15.2 Å². The molecule has 0 bridgehead atoms. The first-order valence-corrected chi connectivity index (χ1v) is 5.81. The van der Waals surface area contributed by atoms with Gasteiger partial charge in [0.15, 0.2) is 0 Å². The van der Waals surface area contributed by atoms with E-state index in [1.165, 1.54) is 12.0 Å². The van der Waals surface area contributed by atoms with Crippen LogP contribution in [0.2, 0.25) is 0 Å². The third-order valence-electron chi connectivity index (χ3n) is 4.05. The van der Waals surface area contributed by atoms with Gasteiger partial charge in [0.25, 0.3) is 0 Å². The lowest BCUT2D eigenvalue weighted by Gasteiger charge is -2.27. The fraction of sp³-hybridized carbons (Fsp3) is 0.538. The van der Waals surface area contributed by atoms with E-state index in [0.717, 1.165) is 31.1 Å². The lowest BCUT2D eigenvalue weighted by atomic mass is 9.87. The van der Waals surface area contributed by atoms with E-state index in [1.807, 2.05) is 12.1 Å². The van der Waals surface area contributed by atoms with Crippen molar-refractivity contribution in [3.63, 3.8) is 0 Å². The molecule has 1 aromatic rings. The van der Waals surface area contributed by atoms with E-state index in [0.29, 0.717) is 5.92 Å². The van der Waals surface area contributed by atoms with E-state index in [2.05, 4.69) is 6.07 Å². The first-order chi connectivity index (χ1) is 7.80. The molecule has 0 unspecified atom stereocenters. The molecule has 1 spiro atoms. The minimum absolute atomic E-state index is 0.289. The zero-order chi connectivity index (χ0) is 11.2. The van der Waals surface area contributed by atoms with Gasteiger partial charge in [-0.1, -0.05) is 0 Å². The Morgan fingerprint density at radius 3 is 3.12 bits per heavy atom. The molecule has 2 N–H and O–H groups in total. The van der Waals surface area contributed by atoms with Crippen molar-refractivity contribution >= 4 is 0 Å². The molecular formula is C13H17NO2. The normalized spacial score (nSPS) is 30.8. The molecule has 1 fully saturated rings. The molecule has 0 amide bonds. The number of benzene rings is 1. The number of ether oxygens (including phenoxy) is 2. The quantitative estimate of drug-likeness (QED) is 0.823. The van der Waals surface area contributed by atoms with E-state index in [-0.39, 0.29) is 5.41 Å². The molecule has 1 heterocycles.